The van der Waals surface area contributed by atoms with Crippen molar-refractivity contribution < 1.29 is 4.74 Å². The number of benzene rings is 1. The largest absolute Gasteiger partial charge is 0.497 e. The zero-order chi connectivity index (χ0) is 17.1. The number of H-pyrrole nitrogens is 2. The molecule has 0 saturated carbocycles. The molecular weight excluding hydrogens is 346 g/mol. The van der Waals surface area contributed by atoms with Gasteiger partial charge in [0.25, 0.3) is 5.56 Å². The molecule has 24 heavy (non-hydrogen) atoms. The van der Waals surface area contributed by atoms with Crippen molar-refractivity contribution in [2.75, 3.05) is 12.9 Å². The number of aryl methyl sites for hydroxylation is 1. The Labute approximate surface area is 145 Å². The monoisotopic (exact) mass is 359 g/mol. The maximum atomic E-state index is 11.8. The average molecular weight is 359 g/mol. The van der Waals surface area contributed by atoms with E-state index in [1.807, 2.05) is 24.3 Å². The van der Waals surface area contributed by atoms with Crippen LogP contribution in [0.5, 0.6) is 5.75 Å². The molecule has 8 heteroatoms. The van der Waals surface area contributed by atoms with E-state index >= 15 is 0 Å². The van der Waals surface area contributed by atoms with E-state index in [-0.39, 0.29) is 0 Å². The van der Waals surface area contributed by atoms with Gasteiger partial charge in [0.1, 0.15) is 22.1 Å². The summed E-state index contributed by atoms with van der Waals surface area (Å²) in [5, 5.41) is 9.36. The molecule has 0 unspecified atom stereocenters. The lowest BCUT2D eigenvalue weighted by molar-refractivity contribution is 0.414. The number of aromatic amines is 2. The molecule has 0 aliphatic carbocycles. The normalized spacial score (nSPS) is 10.7. The van der Waals surface area contributed by atoms with E-state index in [4.69, 9.17) is 4.74 Å². The van der Waals surface area contributed by atoms with E-state index in [1.165, 1.54) is 23.1 Å². The van der Waals surface area contributed by atoms with Crippen molar-refractivity contribution in [1.29, 1.82) is 5.26 Å². The third-order valence-electron chi connectivity index (χ3n) is 3.44. The number of methoxy groups -OCH3 is 1. The first-order valence-electron chi connectivity index (χ1n) is 7.07. The fourth-order valence-corrected chi connectivity index (χ4v) is 4.64. The van der Waals surface area contributed by atoms with Crippen LogP contribution in [0.15, 0.2) is 38.1 Å². The van der Waals surface area contributed by atoms with Gasteiger partial charge in [-0.1, -0.05) is 12.1 Å². The zero-order valence-electron chi connectivity index (χ0n) is 12.7. The Balaban J connectivity index is 1.80. The van der Waals surface area contributed by atoms with Gasteiger partial charge >= 0.3 is 5.69 Å². The van der Waals surface area contributed by atoms with Crippen molar-refractivity contribution in [1.82, 2.24) is 9.97 Å². The summed E-state index contributed by atoms with van der Waals surface area (Å²) in [7, 11) is 1.63. The minimum atomic E-state index is -0.600. The van der Waals surface area contributed by atoms with E-state index in [0.29, 0.717) is 15.8 Å². The second kappa shape index (κ2) is 6.95. The Morgan fingerprint density at radius 1 is 1.25 bits per heavy atom. The number of hydrogen-bond donors (Lipinski definition) is 2. The standard InChI is InChI=1S/C16H13N3O3S2/c1-22-10-4-2-9(3-5-10)6-7-23-15-11(8-17)12-13(24-15)14(20)19-16(21)18-12/h2-5H,6-7H2,1H3,(H2,18,19,20,21). The Kier molecular flexibility index (Phi) is 4.74. The van der Waals surface area contributed by atoms with Gasteiger partial charge < -0.3 is 9.72 Å². The van der Waals surface area contributed by atoms with Crippen molar-refractivity contribution in [3.8, 4) is 11.8 Å². The van der Waals surface area contributed by atoms with Crippen LogP contribution in [0.25, 0.3) is 10.2 Å². The summed E-state index contributed by atoms with van der Waals surface area (Å²) in [5.74, 6) is 1.57. The first-order chi connectivity index (χ1) is 11.6. The number of nitrogens with zero attached hydrogens (tertiary/aromatic N) is 1. The third kappa shape index (κ3) is 3.22. The summed E-state index contributed by atoms with van der Waals surface area (Å²) in [6, 6.07) is 9.90. The molecule has 2 heterocycles. The number of nitriles is 1. The van der Waals surface area contributed by atoms with Gasteiger partial charge in [-0.15, -0.1) is 23.1 Å². The predicted molar refractivity (Wildman–Crippen MR) is 95.2 cm³/mol. The molecule has 2 N–H and O–H groups in total. The fourth-order valence-electron chi connectivity index (χ4n) is 2.25. The van der Waals surface area contributed by atoms with Crippen LogP contribution in [-0.4, -0.2) is 22.8 Å². The van der Waals surface area contributed by atoms with Crippen LogP contribution in [0.4, 0.5) is 0 Å². The van der Waals surface area contributed by atoms with Crippen molar-refractivity contribution in [3.05, 3.63) is 56.2 Å². The van der Waals surface area contributed by atoms with E-state index < -0.39 is 11.2 Å². The number of ether oxygens (including phenoxy) is 1. The summed E-state index contributed by atoms with van der Waals surface area (Å²) in [5.41, 5.74) is 0.782. The van der Waals surface area contributed by atoms with Gasteiger partial charge in [-0.05, 0) is 24.1 Å². The molecule has 0 spiro atoms. The van der Waals surface area contributed by atoms with Crippen molar-refractivity contribution in [2.45, 2.75) is 10.6 Å². The Morgan fingerprint density at radius 3 is 2.67 bits per heavy atom. The van der Waals surface area contributed by atoms with Crippen LogP contribution in [0.1, 0.15) is 11.1 Å². The van der Waals surface area contributed by atoms with Gasteiger partial charge in [-0.3, -0.25) is 9.78 Å². The topological polar surface area (TPSA) is 98.7 Å². The van der Waals surface area contributed by atoms with Crippen molar-refractivity contribution in [2.24, 2.45) is 0 Å². The smallest absolute Gasteiger partial charge is 0.326 e. The number of thioether (sulfide) groups is 1. The highest BCUT2D eigenvalue weighted by Crippen LogP contribution is 2.35. The van der Waals surface area contributed by atoms with E-state index in [1.54, 1.807) is 7.11 Å². The lowest BCUT2D eigenvalue weighted by atomic mass is 10.2. The second-order valence-electron chi connectivity index (χ2n) is 4.94. The quantitative estimate of drug-likeness (QED) is 0.682. The van der Waals surface area contributed by atoms with Gasteiger partial charge in [0.15, 0.2) is 0 Å². The Bertz CT molecular complexity index is 1030. The number of rotatable bonds is 5. The van der Waals surface area contributed by atoms with Crippen LogP contribution in [-0.2, 0) is 6.42 Å². The van der Waals surface area contributed by atoms with Crippen LogP contribution in [0.2, 0.25) is 0 Å². The second-order valence-corrected chi connectivity index (χ2v) is 7.32. The Morgan fingerprint density at radius 2 is 2.00 bits per heavy atom. The summed E-state index contributed by atoms with van der Waals surface area (Å²) in [6.07, 6.45) is 0.820. The molecule has 0 aliphatic heterocycles. The first kappa shape index (κ1) is 16.4. The molecule has 6 nitrogen and oxygen atoms in total. The summed E-state index contributed by atoms with van der Waals surface area (Å²) < 4.78 is 6.24. The van der Waals surface area contributed by atoms with E-state index in [9.17, 15) is 14.9 Å². The first-order valence-corrected chi connectivity index (χ1v) is 8.87. The lowest BCUT2D eigenvalue weighted by Crippen LogP contribution is -2.20. The lowest BCUT2D eigenvalue weighted by Gasteiger charge is -2.03. The number of fused-ring (bicyclic) bond motifs is 1. The number of nitrogens with one attached hydrogen (secondary N) is 2. The Hall–Kier alpha value is -2.50. The molecule has 0 saturated heterocycles. The molecule has 0 radical (unpaired) electrons. The van der Waals surface area contributed by atoms with E-state index in [0.717, 1.165) is 27.7 Å². The van der Waals surface area contributed by atoms with Crippen LogP contribution in [0, 0.1) is 11.3 Å². The zero-order valence-corrected chi connectivity index (χ0v) is 14.3. The van der Waals surface area contributed by atoms with Crippen LogP contribution < -0.4 is 16.0 Å². The number of hydrogen-bond acceptors (Lipinski definition) is 6. The fraction of sp³-hybridized carbons (Fsp3) is 0.188. The minimum absolute atomic E-state index is 0.322. The molecule has 3 rings (SSSR count). The van der Waals surface area contributed by atoms with Crippen LogP contribution in [0.3, 0.4) is 0 Å². The SMILES string of the molecule is COc1ccc(CCSc2sc3c(=O)[nH]c(=O)[nH]c3c2C#N)cc1. The van der Waals surface area contributed by atoms with E-state index in [2.05, 4.69) is 16.0 Å². The van der Waals surface area contributed by atoms with Gasteiger partial charge in [-0.2, -0.15) is 5.26 Å². The van der Waals surface area contributed by atoms with Crippen LogP contribution >= 0.6 is 23.1 Å². The summed E-state index contributed by atoms with van der Waals surface area (Å²) >= 11 is 2.74. The molecule has 0 atom stereocenters. The van der Waals surface area contributed by atoms with Crippen molar-refractivity contribution in [3.63, 3.8) is 0 Å². The van der Waals surface area contributed by atoms with Gasteiger partial charge in [0.2, 0.25) is 0 Å². The minimum Gasteiger partial charge on any atom is -0.497 e. The molecule has 122 valence electrons. The molecular formula is C16H13N3O3S2. The van der Waals surface area contributed by atoms with Gasteiger partial charge in [0.05, 0.1) is 16.8 Å². The molecule has 2 aromatic heterocycles. The van der Waals surface area contributed by atoms with Gasteiger partial charge in [-0.25, -0.2) is 4.79 Å². The maximum absolute atomic E-state index is 11.8. The number of aromatic nitrogens is 2. The average Bonchev–Trinajstić information content (AvgIpc) is 2.93. The highest BCUT2D eigenvalue weighted by atomic mass is 32.2. The van der Waals surface area contributed by atoms with Crippen molar-refractivity contribution >= 4 is 33.3 Å². The highest BCUT2D eigenvalue weighted by molar-refractivity contribution is 8.01. The molecule has 1 aromatic carbocycles. The molecule has 0 bridgehead atoms. The predicted octanol–water partition coefficient (Wildman–Crippen LogP) is 2.49. The molecule has 0 fully saturated rings. The molecule has 3 aromatic rings. The number of thiophene rings is 1. The molecule has 0 aliphatic rings. The maximum Gasteiger partial charge on any atom is 0.326 e. The molecule has 0 amide bonds. The third-order valence-corrected chi connectivity index (χ3v) is 5.90. The summed E-state index contributed by atoms with van der Waals surface area (Å²) in [6.45, 7) is 0. The highest BCUT2D eigenvalue weighted by Gasteiger charge is 2.16. The van der Waals surface area contributed by atoms with Gasteiger partial charge in [0, 0.05) is 5.75 Å². The summed E-state index contributed by atoms with van der Waals surface area (Å²) in [4.78, 5) is 28.0.